The summed E-state index contributed by atoms with van der Waals surface area (Å²) >= 11 is 7.17. The van der Waals surface area contributed by atoms with E-state index < -0.39 is 6.80 Å². The van der Waals surface area contributed by atoms with E-state index in [0.717, 1.165) is 12.0 Å². The smallest absolute Gasteiger partial charge is 0.417 e. The summed E-state index contributed by atoms with van der Waals surface area (Å²) in [6, 6.07) is 5.24. The molecule has 0 spiro atoms. The Morgan fingerprint density at radius 2 is 2.18 bits per heavy atom. The fraction of sp³-hybridized carbons (Fsp3) is 0.533. The van der Waals surface area contributed by atoms with Gasteiger partial charge in [0.15, 0.2) is 5.78 Å². The van der Waals surface area contributed by atoms with Gasteiger partial charge < -0.3 is 4.52 Å². The first-order chi connectivity index (χ1) is 10.5. The highest BCUT2D eigenvalue weighted by Gasteiger charge is 2.35. The number of halogens is 1. The third-order valence-electron chi connectivity index (χ3n) is 3.34. The van der Waals surface area contributed by atoms with Crippen LogP contribution in [0, 0.1) is 0 Å². The normalized spacial score (nSPS) is 19.8. The summed E-state index contributed by atoms with van der Waals surface area (Å²) in [6.45, 7) is 0.808. The van der Waals surface area contributed by atoms with Crippen molar-refractivity contribution >= 4 is 35.6 Å². The lowest BCUT2D eigenvalue weighted by Crippen LogP contribution is -2.02. The first-order valence-electron chi connectivity index (χ1n) is 7.35. The Kier molecular flexibility index (Phi) is 6.39. The van der Waals surface area contributed by atoms with Crippen LogP contribution in [-0.4, -0.2) is 24.0 Å². The van der Waals surface area contributed by atoms with Gasteiger partial charge in [-0.05, 0) is 30.8 Å². The molecule has 0 saturated carbocycles. The summed E-state index contributed by atoms with van der Waals surface area (Å²) in [4.78, 5) is 12.0. The maximum atomic E-state index is 12.8. The topological polar surface area (TPSA) is 52.6 Å². The highest BCUT2D eigenvalue weighted by Crippen LogP contribution is 2.61. The number of hydrogen-bond donors (Lipinski definition) is 0. The summed E-state index contributed by atoms with van der Waals surface area (Å²) in [7, 11) is 0. The van der Waals surface area contributed by atoms with Crippen LogP contribution in [0.4, 0.5) is 0 Å². The van der Waals surface area contributed by atoms with Gasteiger partial charge in [-0.25, -0.2) is 4.57 Å². The standard InChI is InChI=1S/C15H20ClO4PS/c1-3-8-22-21(18,19-4-2)20-14-7-5-6-12-13(17)9-11(10-16)15(12)14/h5-7,11H,3-4,8-10H2,1-2H3. The molecular formula is C15H20ClO4PS. The molecule has 22 heavy (non-hydrogen) atoms. The third kappa shape index (κ3) is 3.88. The van der Waals surface area contributed by atoms with Gasteiger partial charge in [0.05, 0.1) is 6.61 Å². The molecule has 2 atom stereocenters. The van der Waals surface area contributed by atoms with Crippen LogP contribution in [0.1, 0.15) is 48.5 Å². The molecule has 122 valence electrons. The van der Waals surface area contributed by atoms with E-state index >= 15 is 0 Å². The molecule has 0 amide bonds. The van der Waals surface area contributed by atoms with E-state index in [4.69, 9.17) is 20.6 Å². The Morgan fingerprint density at radius 3 is 2.82 bits per heavy atom. The van der Waals surface area contributed by atoms with Gasteiger partial charge in [0.1, 0.15) is 5.75 Å². The fourth-order valence-electron chi connectivity index (χ4n) is 2.43. The molecule has 0 N–H and O–H groups in total. The van der Waals surface area contributed by atoms with Gasteiger partial charge in [-0.15, -0.1) is 11.6 Å². The van der Waals surface area contributed by atoms with Crippen LogP contribution in [0.25, 0.3) is 0 Å². The average Bonchev–Trinajstić information content (AvgIpc) is 2.83. The Balaban J connectivity index is 2.33. The molecule has 1 aliphatic carbocycles. The Morgan fingerprint density at radius 1 is 1.41 bits per heavy atom. The molecule has 0 aliphatic heterocycles. The zero-order chi connectivity index (χ0) is 16.2. The molecule has 0 saturated heterocycles. The number of rotatable bonds is 8. The van der Waals surface area contributed by atoms with Crippen molar-refractivity contribution in [1.29, 1.82) is 0 Å². The minimum absolute atomic E-state index is 0.0542. The largest absolute Gasteiger partial charge is 0.440 e. The second-order valence-electron chi connectivity index (χ2n) is 4.99. The van der Waals surface area contributed by atoms with Crippen molar-refractivity contribution in [2.45, 2.75) is 32.6 Å². The van der Waals surface area contributed by atoms with E-state index in [1.807, 2.05) is 6.92 Å². The first kappa shape index (κ1) is 17.9. The molecule has 1 aromatic rings. The number of alkyl halides is 1. The van der Waals surface area contributed by atoms with E-state index in [0.29, 0.717) is 36.0 Å². The predicted molar refractivity (Wildman–Crippen MR) is 91.5 cm³/mol. The lowest BCUT2D eigenvalue weighted by molar-refractivity contribution is 0.0990. The van der Waals surface area contributed by atoms with Crippen molar-refractivity contribution in [1.82, 2.24) is 0 Å². The monoisotopic (exact) mass is 362 g/mol. The van der Waals surface area contributed by atoms with Crippen LogP contribution in [0.3, 0.4) is 0 Å². The maximum Gasteiger partial charge on any atom is 0.440 e. The zero-order valence-electron chi connectivity index (χ0n) is 12.7. The summed E-state index contributed by atoms with van der Waals surface area (Å²) in [5.74, 6) is 1.43. The Bertz CT molecular complexity index is 593. The van der Waals surface area contributed by atoms with Crippen LogP contribution in [0.5, 0.6) is 5.75 Å². The average molecular weight is 363 g/mol. The van der Waals surface area contributed by atoms with Gasteiger partial charge in [-0.1, -0.05) is 19.1 Å². The minimum atomic E-state index is -3.28. The van der Waals surface area contributed by atoms with Crippen LogP contribution >= 0.6 is 29.8 Å². The van der Waals surface area contributed by atoms with Gasteiger partial charge in [0, 0.05) is 35.1 Å². The van der Waals surface area contributed by atoms with Crippen molar-refractivity contribution in [3.05, 3.63) is 29.3 Å². The molecule has 2 rings (SSSR count). The van der Waals surface area contributed by atoms with Gasteiger partial charge >= 0.3 is 6.80 Å². The Labute approximate surface area is 140 Å². The number of carbonyl (C=O) groups is 1. The van der Waals surface area contributed by atoms with Gasteiger partial charge in [-0.3, -0.25) is 9.32 Å². The lowest BCUT2D eigenvalue weighted by atomic mass is 10.0. The van der Waals surface area contributed by atoms with Crippen molar-refractivity contribution in [2.24, 2.45) is 0 Å². The molecule has 0 bridgehead atoms. The van der Waals surface area contributed by atoms with E-state index in [1.54, 1.807) is 25.1 Å². The maximum absolute atomic E-state index is 12.8. The molecule has 0 fully saturated rings. The second-order valence-corrected chi connectivity index (χ2v) is 9.41. The van der Waals surface area contributed by atoms with E-state index in [1.165, 1.54) is 11.4 Å². The molecular weight excluding hydrogens is 343 g/mol. The number of benzene rings is 1. The highest BCUT2D eigenvalue weighted by atomic mass is 35.5. The van der Waals surface area contributed by atoms with E-state index in [9.17, 15) is 9.36 Å². The fourth-order valence-corrected chi connectivity index (χ4v) is 6.15. The molecule has 2 unspecified atom stereocenters. The molecule has 4 nitrogen and oxygen atoms in total. The van der Waals surface area contributed by atoms with Crippen molar-refractivity contribution in [2.75, 3.05) is 18.2 Å². The summed E-state index contributed by atoms with van der Waals surface area (Å²) in [6.07, 6.45) is 1.25. The molecule has 0 radical (unpaired) electrons. The second kappa shape index (κ2) is 7.87. The van der Waals surface area contributed by atoms with Gasteiger partial charge in [-0.2, -0.15) is 0 Å². The van der Waals surface area contributed by atoms with Crippen LogP contribution in [-0.2, 0) is 9.09 Å². The highest BCUT2D eigenvalue weighted by molar-refractivity contribution is 8.55. The van der Waals surface area contributed by atoms with Gasteiger partial charge in [0.25, 0.3) is 0 Å². The number of fused-ring (bicyclic) bond motifs is 1. The van der Waals surface area contributed by atoms with Gasteiger partial charge in [0.2, 0.25) is 0 Å². The molecule has 0 aromatic heterocycles. The van der Waals surface area contributed by atoms with Crippen molar-refractivity contribution in [3.8, 4) is 5.75 Å². The summed E-state index contributed by atoms with van der Waals surface area (Å²) < 4.78 is 23.9. The first-order valence-corrected chi connectivity index (χ1v) is 11.0. The molecule has 0 heterocycles. The lowest BCUT2D eigenvalue weighted by Gasteiger charge is -2.20. The van der Waals surface area contributed by atoms with E-state index in [-0.39, 0.29) is 11.7 Å². The van der Waals surface area contributed by atoms with Crippen LogP contribution in [0.15, 0.2) is 18.2 Å². The van der Waals surface area contributed by atoms with Crippen molar-refractivity contribution in [3.63, 3.8) is 0 Å². The zero-order valence-corrected chi connectivity index (χ0v) is 15.2. The molecule has 7 heteroatoms. The SMILES string of the molecule is CCCSP(=O)(OCC)Oc1cccc2c1C(CCl)CC2=O. The number of ketones is 1. The Hall–Kier alpha value is -0.480. The molecule has 1 aromatic carbocycles. The number of carbonyl (C=O) groups excluding carboxylic acids is 1. The predicted octanol–water partition coefficient (Wildman–Crippen LogP) is 5.26. The van der Waals surface area contributed by atoms with Crippen LogP contribution < -0.4 is 4.52 Å². The number of hydrogen-bond acceptors (Lipinski definition) is 5. The number of Topliss-reactive ketones (excluding diaryl/α,β-unsaturated/α-hetero) is 1. The van der Waals surface area contributed by atoms with Crippen molar-refractivity contribution < 1.29 is 18.4 Å². The summed E-state index contributed by atoms with van der Waals surface area (Å²) in [5.41, 5.74) is 1.38. The minimum Gasteiger partial charge on any atom is -0.417 e. The quantitative estimate of drug-likeness (QED) is 0.466. The van der Waals surface area contributed by atoms with E-state index in [2.05, 4.69) is 0 Å². The van der Waals surface area contributed by atoms with Crippen LogP contribution in [0.2, 0.25) is 0 Å². The molecule has 1 aliphatic rings. The summed E-state index contributed by atoms with van der Waals surface area (Å²) in [5, 5.41) is 0. The third-order valence-corrected chi connectivity index (χ3v) is 7.65.